The number of ether oxygens (including phenoxy) is 3. The largest absolute Gasteiger partial charge is 0.493 e. The molecule has 0 radical (unpaired) electrons. The summed E-state index contributed by atoms with van der Waals surface area (Å²) in [5.41, 5.74) is 2.02. The molecule has 4 heteroatoms. The number of methoxy groups -OCH3 is 3. The van der Waals surface area contributed by atoms with Gasteiger partial charge >= 0.3 is 0 Å². The van der Waals surface area contributed by atoms with Crippen molar-refractivity contribution >= 4 is 5.78 Å². The summed E-state index contributed by atoms with van der Waals surface area (Å²) < 4.78 is 16.2. The van der Waals surface area contributed by atoms with E-state index >= 15 is 0 Å². The molecule has 0 spiro atoms. The molecule has 0 aromatic heterocycles. The van der Waals surface area contributed by atoms with Gasteiger partial charge in [-0.15, -0.1) is 0 Å². The molecule has 0 amide bonds. The van der Waals surface area contributed by atoms with E-state index in [4.69, 9.17) is 14.2 Å². The average Bonchev–Trinajstić information content (AvgIpc) is 2.99. The Kier molecular flexibility index (Phi) is 6.38. The summed E-state index contributed by atoms with van der Waals surface area (Å²) in [6, 6.07) is 14.2. The molecule has 0 aliphatic heterocycles. The molecule has 2 aromatic rings. The summed E-state index contributed by atoms with van der Waals surface area (Å²) in [6.07, 6.45) is 5.10. The zero-order valence-electron chi connectivity index (χ0n) is 16.4. The first-order chi connectivity index (χ1) is 13.2. The Morgan fingerprint density at radius 2 is 1.52 bits per heavy atom. The standard InChI is InChI=1S/C23H28O4/c1-25-20-14-19(15-21(26-2)23(20)27-3)22(24)18-11-7-10-17(12-13-18)16-8-5-4-6-9-16/h4-6,8-9,14-15,17-18H,7,10-13H2,1-3H3. The molecule has 1 fully saturated rings. The SMILES string of the molecule is COc1cc(C(=O)C2CCCC(c3ccccc3)CC2)cc(OC)c1OC. The third-order valence-corrected chi connectivity index (χ3v) is 5.56. The van der Waals surface area contributed by atoms with Crippen LogP contribution in [0.25, 0.3) is 0 Å². The van der Waals surface area contributed by atoms with E-state index in [0.717, 1.165) is 32.1 Å². The van der Waals surface area contributed by atoms with Crippen LogP contribution in [0.4, 0.5) is 0 Å². The Bertz CT molecular complexity index is 744. The fraction of sp³-hybridized carbons (Fsp3) is 0.435. The normalized spacial score (nSPS) is 19.8. The van der Waals surface area contributed by atoms with Crippen LogP contribution in [-0.4, -0.2) is 27.1 Å². The number of hydrogen-bond donors (Lipinski definition) is 0. The minimum atomic E-state index is 0.0431. The van der Waals surface area contributed by atoms with E-state index in [2.05, 4.69) is 30.3 Å². The number of rotatable bonds is 6. The number of carbonyl (C=O) groups is 1. The van der Waals surface area contributed by atoms with E-state index in [1.54, 1.807) is 33.5 Å². The van der Waals surface area contributed by atoms with Gasteiger partial charge in [-0.3, -0.25) is 4.79 Å². The second kappa shape index (κ2) is 8.94. The number of ketones is 1. The van der Waals surface area contributed by atoms with Gasteiger partial charge in [0.15, 0.2) is 17.3 Å². The van der Waals surface area contributed by atoms with Crippen molar-refractivity contribution in [1.82, 2.24) is 0 Å². The molecule has 2 unspecified atom stereocenters. The maximum Gasteiger partial charge on any atom is 0.203 e. The van der Waals surface area contributed by atoms with Gasteiger partial charge < -0.3 is 14.2 Å². The summed E-state index contributed by atoms with van der Waals surface area (Å²) in [5, 5.41) is 0. The van der Waals surface area contributed by atoms with Gasteiger partial charge in [-0.25, -0.2) is 0 Å². The molecule has 0 N–H and O–H groups in total. The van der Waals surface area contributed by atoms with Crippen LogP contribution in [0.15, 0.2) is 42.5 Å². The Labute approximate surface area is 161 Å². The first-order valence-electron chi connectivity index (χ1n) is 9.57. The molecule has 0 saturated heterocycles. The second-order valence-corrected chi connectivity index (χ2v) is 7.09. The van der Waals surface area contributed by atoms with Crippen molar-refractivity contribution in [3.05, 3.63) is 53.6 Å². The third kappa shape index (κ3) is 4.26. The quantitative estimate of drug-likeness (QED) is 0.515. The molecule has 1 aliphatic carbocycles. The molecule has 4 nitrogen and oxygen atoms in total. The lowest BCUT2D eigenvalue weighted by Crippen LogP contribution is -2.14. The molecule has 3 rings (SSSR count). The van der Waals surface area contributed by atoms with Crippen LogP contribution in [0.2, 0.25) is 0 Å². The molecule has 2 aromatic carbocycles. The maximum atomic E-state index is 13.2. The fourth-order valence-corrected chi connectivity index (χ4v) is 4.08. The van der Waals surface area contributed by atoms with Crippen molar-refractivity contribution in [3.63, 3.8) is 0 Å². The topological polar surface area (TPSA) is 44.8 Å². The predicted molar refractivity (Wildman–Crippen MR) is 106 cm³/mol. The molecule has 1 aliphatic rings. The van der Waals surface area contributed by atoms with Gasteiger partial charge in [0.05, 0.1) is 21.3 Å². The van der Waals surface area contributed by atoms with E-state index < -0.39 is 0 Å². The zero-order valence-corrected chi connectivity index (χ0v) is 16.4. The van der Waals surface area contributed by atoms with Crippen LogP contribution in [0, 0.1) is 5.92 Å². The van der Waals surface area contributed by atoms with Gasteiger partial charge in [0, 0.05) is 11.5 Å². The minimum Gasteiger partial charge on any atom is -0.493 e. The molecule has 144 valence electrons. The highest BCUT2D eigenvalue weighted by Gasteiger charge is 2.27. The van der Waals surface area contributed by atoms with Crippen LogP contribution in [0.5, 0.6) is 17.2 Å². The number of Topliss-reactive ketones (excluding diaryl/α,β-unsaturated/α-hetero) is 1. The molecular weight excluding hydrogens is 340 g/mol. The molecular formula is C23H28O4. The van der Waals surface area contributed by atoms with E-state index in [1.165, 1.54) is 5.56 Å². The number of carbonyl (C=O) groups excluding carboxylic acids is 1. The highest BCUT2D eigenvalue weighted by Crippen LogP contribution is 2.40. The van der Waals surface area contributed by atoms with Crippen LogP contribution in [-0.2, 0) is 0 Å². The van der Waals surface area contributed by atoms with Gasteiger partial charge in [-0.05, 0) is 49.3 Å². The van der Waals surface area contributed by atoms with E-state index in [9.17, 15) is 4.79 Å². The van der Waals surface area contributed by atoms with Crippen molar-refractivity contribution in [3.8, 4) is 17.2 Å². The Morgan fingerprint density at radius 3 is 2.11 bits per heavy atom. The minimum absolute atomic E-state index is 0.0431. The predicted octanol–water partition coefficient (Wildman–Crippen LogP) is 5.26. The van der Waals surface area contributed by atoms with Crippen molar-refractivity contribution < 1.29 is 19.0 Å². The lowest BCUT2D eigenvalue weighted by atomic mass is 9.89. The molecule has 0 heterocycles. The van der Waals surface area contributed by atoms with E-state index in [0.29, 0.717) is 28.7 Å². The van der Waals surface area contributed by atoms with Crippen LogP contribution < -0.4 is 14.2 Å². The number of benzene rings is 2. The number of hydrogen-bond acceptors (Lipinski definition) is 4. The summed E-state index contributed by atoms with van der Waals surface area (Å²) in [5.74, 6) is 2.32. The van der Waals surface area contributed by atoms with Crippen LogP contribution in [0.3, 0.4) is 0 Å². The van der Waals surface area contributed by atoms with E-state index in [-0.39, 0.29) is 11.7 Å². The van der Waals surface area contributed by atoms with Crippen molar-refractivity contribution in [2.24, 2.45) is 5.92 Å². The van der Waals surface area contributed by atoms with Crippen molar-refractivity contribution in [2.45, 2.75) is 38.0 Å². The third-order valence-electron chi connectivity index (χ3n) is 5.56. The first-order valence-corrected chi connectivity index (χ1v) is 9.57. The van der Waals surface area contributed by atoms with Crippen molar-refractivity contribution in [1.29, 1.82) is 0 Å². The van der Waals surface area contributed by atoms with Gasteiger partial charge in [0.1, 0.15) is 0 Å². The highest BCUT2D eigenvalue weighted by atomic mass is 16.5. The van der Waals surface area contributed by atoms with Gasteiger partial charge in [-0.2, -0.15) is 0 Å². The summed E-state index contributed by atoms with van der Waals surface area (Å²) in [4.78, 5) is 13.2. The first kappa shape index (κ1) is 19.3. The maximum absolute atomic E-state index is 13.2. The molecule has 2 atom stereocenters. The monoisotopic (exact) mass is 368 g/mol. The summed E-state index contributed by atoms with van der Waals surface area (Å²) >= 11 is 0. The average molecular weight is 368 g/mol. The summed E-state index contributed by atoms with van der Waals surface area (Å²) in [7, 11) is 4.71. The summed E-state index contributed by atoms with van der Waals surface area (Å²) in [6.45, 7) is 0. The van der Waals surface area contributed by atoms with Gasteiger partial charge in [0.2, 0.25) is 5.75 Å². The van der Waals surface area contributed by atoms with E-state index in [1.807, 2.05) is 0 Å². The lowest BCUT2D eigenvalue weighted by molar-refractivity contribution is 0.0907. The van der Waals surface area contributed by atoms with Crippen LogP contribution >= 0.6 is 0 Å². The second-order valence-electron chi connectivity index (χ2n) is 7.09. The molecule has 1 saturated carbocycles. The Morgan fingerprint density at radius 1 is 0.852 bits per heavy atom. The molecule has 0 bridgehead atoms. The Balaban J connectivity index is 1.78. The zero-order chi connectivity index (χ0) is 19.2. The smallest absolute Gasteiger partial charge is 0.203 e. The lowest BCUT2D eigenvalue weighted by Gasteiger charge is -2.17. The van der Waals surface area contributed by atoms with Gasteiger partial charge in [0.25, 0.3) is 0 Å². The molecule has 27 heavy (non-hydrogen) atoms. The Hall–Kier alpha value is -2.49. The van der Waals surface area contributed by atoms with Crippen molar-refractivity contribution in [2.75, 3.05) is 21.3 Å². The highest BCUT2D eigenvalue weighted by molar-refractivity contribution is 5.99. The van der Waals surface area contributed by atoms with Crippen LogP contribution in [0.1, 0.15) is 53.9 Å². The fourth-order valence-electron chi connectivity index (χ4n) is 4.08. The van der Waals surface area contributed by atoms with Gasteiger partial charge in [-0.1, -0.05) is 36.8 Å².